The molecule has 0 fully saturated rings. The van der Waals surface area contributed by atoms with Gasteiger partial charge in [-0.2, -0.15) is 0 Å². The topological polar surface area (TPSA) is 42.0 Å². The van der Waals surface area contributed by atoms with Crippen molar-refractivity contribution in [3.05, 3.63) is 45.4 Å². The van der Waals surface area contributed by atoms with E-state index in [1.807, 2.05) is 24.4 Å². The third-order valence-corrected chi connectivity index (χ3v) is 3.44. The predicted octanol–water partition coefficient (Wildman–Crippen LogP) is 3.68. The molecule has 1 aromatic heterocycles. The van der Waals surface area contributed by atoms with Crippen LogP contribution in [0.1, 0.15) is 17.7 Å². The van der Waals surface area contributed by atoms with Crippen LogP contribution in [0.5, 0.6) is 0 Å². The summed E-state index contributed by atoms with van der Waals surface area (Å²) in [5.74, 6) is -0.0200. The zero-order chi connectivity index (χ0) is 13.0. The van der Waals surface area contributed by atoms with Crippen molar-refractivity contribution in [3.8, 4) is 0 Å². The first-order valence-electron chi connectivity index (χ1n) is 5.58. The van der Waals surface area contributed by atoms with Gasteiger partial charge in [0.25, 0.3) is 0 Å². The van der Waals surface area contributed by atoms with Crippen LogP contribution in [0.4, 0.5) is 5.69 Å². The number of halogens is 1. The number of nitrogens with zero attached hydrogens (tertiary/aromatic N) is 1. The Kier molecular flexibility index (Phi) is 4.33. The van der Waals surface area contributed by atoms with Gasteiger partial charge in [-0.25, -0.2) is 4.98 Å². The number of aromatic nitrogens is 1. The van der Waals surface area contributed by atoms with Crippen molar-refractivity contribution in [1.29, 1.82) is 0 Å². The lowest BCUT2D eigenvalue weighted by atomic mass is 10.2. The monoisotopic (exact) mass is 280 g/mol. The second kappa shape index (κ2) is 5.98. The number of hydrogen-bond donors (Lipinski definition) is 1. The van der Waals surface area contributed by atoms with Crippen LogP contribution in [0.3, 0.4) is 0 Å². The Bertz CT molecular complexity index is 540. The summed E-state index contributed by atoms with van der Waals surface area (Å²) >= 11 is 7.44. The van der Waals surface area contributed by atoms with E-state index in [9.17, 15) is 4.79 Å². The van der Waals surface area contributed by atoms with Crippen LogP contribution < -0.4 is 5.32 Å². The Morgan fingerprint density at radius 2 is 2.33 bits per heavy atom. The van der Waals surface area contributed by atoms with E-state index < -0.39 is 0 Å². The Labute approximate surface area is 115 Å². The lowest BCUT2D eigenvalue weighted by Crippen LogP contribution is -2.13. The molecule has 1 N–H and O–H groups in total. The van der Waals surface area contributed by atoms with Crippen LogP contribution in [-0.4, -0.2) is 10.9 Å². The van der Waals surface area contributed by atoms with E-state index >= 15 is 0 Å². The quantitative estimate of drug-likeness (QED) is 0.928. The first-order chi connectivity index (χ1) is 8.65. The highest BCUT2D eigenvalue weighted by Crippen LogP contribution is 2.20. The van der Waals surface area contributed by atoms with E-state index in [1.165, 1.54) is 11.3 Å². The molecule has 0 bridgehead atoms. The first-order valence-corrected chi connectivity index (χ1v) is 6.90. The summed E-state index contributed by atoms with van der Waals surface area (Å²) in [5, 5.41) is 5.44. The summed E-state index contributed by atoms with van der Waals surface area (Å²) < 4.78 is 0. The molecule has 18 heavy (non-hydrogen) atoms. The minimum absolute atomic E-state index is 0.0200. The van der Waals surface area contributed by atoms with Gasteiger partial charge in [0.05, 0.1) is 11.2 Å². The van der Waals surface area contributed by atoms with E-state index in [1.54, 1.807) is 11.6 Å². The fraction of sp³-hybridized carbons (Fsp3) is 0.231. The number of carbonyl (C=O) groups is 1. The third kappa shape index (κ3) is 3.55. The Morgan fingerprint density at radius 3 is 3.06 bits per heavy atom. The molecule has 0 atom stereocenters. The van der Waals surface area contributed by atoms with Crippen molar-refractivity contribution in [2.45, 2.75) is 19.8 Å². The standard InChI is InChI=1S/C13H13ClN2OS/c1-9-2-3-10(14)6-12(9)16-13(17)5-4-11-7-18-8-15-11/h2-3,6-8H,4-5H2,1H3,(H,16,17). The molecule has 0 aliphatic carbocycles. The largest absolute Gasteiger partial charge is 0.326 e. The average Bonchev–Trinajstić information content (AvgIpc) is 2.84. The number of rotatable bonds is 4. The number of hydrogen-bond acceptors (Lipinski definition) is 3. The molecule has 0 aliphatic heterocycles. The lowest BCUT2D eigenvalue weighted by Gasteiger charge is -2.08. The maximum atomic E-state index is 11.8. The van der Waals surface area contributed by atoms with E-state index in [0.29, 0.717) is 17.9 Å². The zero-order valence-electron chi connectivity index (χ0n) is 9.94. The summed E-state index contributed by atoms with van der Waals surface area (Å²) in [6, 6.07) is 5.46. The molecule has 0 aliphatic rings. The minimum atomic E-state index is -0.0200. The number of aryl methyl sites for hydroxylation is 2. The normalized spacial score (nSPS) is 10.3. The molecule has 1 heterocycles. The van der Waals surface area contributed by atoms with Gasteiger partial charge in [-0.1, -0.05) is 17.7 Å². The summed E-state index contributed by atoms with van der Waals surface area (Å²) in [4.78, 5) is 15.9. The number of nitrogens with one attached hydrogen (secondary N) is 1. The number of amides is 1. The smallest absolute Gasteiger partial charge is 0.224 e. The van der Waals surface area contributed by atoms with Crippen molar-refractivity contribution in [2.24, 2.45) is 0 Å². The van der Waals surface area contributed by atoms with E-state index in [4.69, 9.17) is 11.6 Å². The molecule has 0 spiro atoms. The van der Waals surface area contributed by atoms with Gasteiger partial charge in [0.1, 0.15) is 0 Å². The fourth-order valence-corrected chi connectivity index (χ4v) is 2.31. The summed E-state index contributed by atoms with van der Waals surface area (Å²) in [6.07, 6.45) is 1.09. The number of benzene rings is 1. The molecule has 0 saturated carbocycles. The van der Waals surface area contributed by atoms with Crippen molar-refractivity contribution in [3.63, 3.8) is 0 Å². The SMILES string of the molecule is Cc1ccc(Cl)cc1NC(=O)CCc1cscn1. The van der Waals surface area contributed by atoms with Gasteiger partial charge in [-0.05, 0) is 31.0 Å². The van der Waals surface area contributed by atoms with Crippen LogP contribution >= 0.6 is 22.9 Å². The number of anilines is 1. The molecule has 2 rings (SSSR count). The van der Waals surface area contributed by atoms with Crippen LogP contribution in [0.2, 0.25) is 5.02 Å². The van der Waals surface area contributed by atoms with Crippen molar-refractivity contribution < 1.29 is 4.79 Å². The molecule has 0 unspecified atom stereocenters. The van der Waals surface area contributed by atoms with E-state index in [2.05, 4.69) is 10.3 Å². The van der Waals surface area contributed by atoms with Gasteiger partial charge < -0.3 is 5.32 Å². The van der Waals surface area contributed by atoms with Crippen LogP contribution in [0.25, 0.3) is 0 Å². The van der Waals surface area contributed by atoms with Gasteiger partial charge in [-0.15, -0.1) is 11.3 Å². The molecule has 1 aromatic carbocycles. The highest BCUT2D eigenvalue weighted by atomic mass is 35.5. The Balaban J connectivity index is 1.92. The van der Waals surface area contributed by atoms with Crippen molar-refractivity contribution in [1.82, 2.24) is 4.98 Å². The van der Waals surface area contributed by atoms with Crippen molar-refractivity contribution >= 4 is 34.5 Å². The number of thiazole rings is 1. The average molecular weight is 281 g/mol. The molecular formula is C13H13ClN2OS. The summed E-state index contributed by atoms with van der Waals surface area (Å²) in [6.45, 7) is 1.94. The molecule has 5 heteroatoms. The summed E-state index contributed by atoms with van der Waals surface area (Å²) in [5.41, 5.74) is 4.50. The van der Waals surface area contributed by atoms with Crippen molar-refractivity contribution in [2.75, 3.05) is 5.32 Å². The van der Waals surface area contributed by atoms with Gasteiger partial charge in [0.2, 0.25) is 5.91 Å². The van der Waals surface area contributed by atoms with E-state index in [0.717, 1.165) is 16.9 Å². The maximum Gasteiger partial charge on any atom is 0.224 e. The maximum absolute atomic E-state index is 11.8. The molecule has 0 saturated heterocycles. The minimum Gasteiger partial charge on any atom is -0.326 e. The highest BCUT2D eigenvalue weighted by Gasteiger charge is 2.06. The molecule has 2 aromatic rings. The third-order valence-electron chi connectivity index (χ3n) is 2.57. The molecule has 0 radical (unpaired) electrons. The molecule has 94 valence electrons. The highest BCUT2D eigenvalue weighted by molar-refractivity contribution is 7.07. The van der Waals surface area contributed by atoms with Crippen LogP contribution in [0.15, 0.2) is 29.1 Å². The van der Waals surface area contributed by atoms with Gasteiger partial charge >= 0.3 is 0 Å². The van der Waals surface area contributed by atoms with E-state index in [-0.39, 0.29) is 5.91 Å². The van der Waals surface area contributed by atoms with Crippen LogP contribution in [-0.2, 0) is 11.2 Å². The second-order valence-corrected chi connectivity index (χ2v) is 5.14. The summed E-state index contributed by atoms with van der Waals surface area (Å²) in [7, 11) is 0. The fourth-order valence-electron chi connectivity index (χ4n) is 1.54. The van der Waals surface area contributed by atoms with Gasteiger partial charge in [-0.3, -0.25) is 4.79 Å². The molecular weight excluding hydrogens is 268 g/mol. The lowest BCUT2D eigenvalue weighted by molar-refractivity contribution is -0.116. The molecule has 3 nitrogen and oxygen atoms in total. The first kappa shape index (κ1) is 13.1. The predicted molar refractivity (Wildman–Crippen MR) is 75.3 cm³/mol. The Hall–Kier alpha value is -1.39. The van der Waals surface area contributed by atoms with Gasteiger partial charge in [0.15, 0.2) is 0 Å². The van der Waals surface area contributed by atoms with Gasteiger partial charge in [0, 0.05) is 22.5 Å². The molecule has 1 amide bonds. The van der Waals surface area contributed by atoms with Crippen LogP contribution in [0, 0.1) is 6.92 Å². The number of carbonyl (C=O) groups excluding carboxylic acids is 1. The second-order valence-electron chi connectivity index (χ2n) is 3.99. The Morgan fingerprint density at radius 1 is 1.50 bits per heavy atom. The zero-order valence-corrected chi connectivity index (χ0v) is 11.5.